The third-order valence-corrected chi connectivity index (χ3v) is 5.36. The molecule has 0 bridgehead atoms. The van der Waals surface area contributed by atoms with Crippen molar-refractivity contribution in [2.75, 3.05) is 18.0 Å². The Hall–Kier alpha value is -1.65. The van der Waals surface area contributed by atoms with Crippen molar-refractivity contribution in [3.63, 3.8) is 0 Å². The van der Waals surface area contributed by atoms with Crippen molar-refractivity contribution in [2.45, 2.75) is 62.2 Å². The fourth-order valence-electron chi connectivity index (χ4n) is 3.51. The molecule has 1 aliphatic carbocycles. The summed E-state index contributed by atoms with van der Waals surface area (Å²) in [4.78, 5) is 1.71. The molecule has 0 amide bonds. The molecule has 11 heteroatoms. The van der Waals surface area contributed by atoms with Gasteiger partial charge in [0.15, 0.2) is 0 Å². The van der Waals surface area contributed by atoms with E-state index in [0.29, 0.717) is 25.7 Å². The number of hydrogen-bond acceptors (Lipinski definition) is 2. The van der Waals surface area contributed by atoms with Gasteiger partial charge in [0, 0.05) is 25.2 Å². The number of hydrogen-bond donors (Lipinski definition) is 1. The minimum atomic E-state index is -6.66. The SMILES string of the molecule is CCN(CC)c1cccc(C(C)(O)CC2(F)C(F)(F)C(F)(F)C(F)(F)C2(F)F)c1. The third kappa shape index (κ3) is 2.90. The van der Waals surface area contributed by atoms with Crippen LogP contribution in [0.2, 0.25) is 0 Å². The highest BCUT2D eigenvalue weighted by Crippen LogP contribution is 2.70. The summed E-state index contributed by atoms with van der Waals surface area (Å²) in [5, 5.41) is 10.5. The van der Waals surface area contributed by atoms with Gasteiger partial charge in [0.05, 0.1) is 5.60 Å². The summed E-state index contributed by atoms with van der Waals surface area (Å²) in [5.74, 6) is -26.2. The van der Waals surface area contributed by atoms with Crippen molar-refractivity contribution in [3.8, 4) is 0 Å². The zero-order valence-corrected chi connectivity index (χ0v) is 15.7. The van der Waals surface area contributed by atoms with Gasteiger partial charge in [-0.25, -0.2) is 4.39 Å². The van der Waals surface area contributed by atoms with Gasteiger partial charge in [-0.05, 0) is 38.5 Å². The molecule has 0 aromatic heterocycles. The monoisotopic (exact) mass is 437 g/mol. The van der Waals surface area contributed by atoms with Gasteiger partial charge in [-0.1, -0.05) is 12.1 Å². The lowest BCUT2D eigenvalue weighted by Crippen LogP contribution is -2.57. The smallest absolute Gasteiger partial charge is 0.381 e. The van der Waals surface area contributed by atoms with Gasteiger partial charge in [-0.15, -0.1) is 0 Å². The van der Waals surface area contributed by atoms with Crippen LogP contribution in [0.15, 0.2) is 24.3 Å². The van der Waals surface area contributed by atoms with E-state index < -0.39 is 41.4 Å². The van der Waals surface area contributed by atoms with Crippen molar-refractivity contribution in [1.29, 1.82) is 0 Å². The normalized spacial score (nSPS) is 25.4. The summed E-state index contributed by atoms with van der Waals surface area (Å²) in [5.41, 5.74) is -8.56. The van der Waals surface area contributed by atoms with Gasteiger partial charge in [0.2, 0.25) is 0 Å². The number of nitrogens with zero attached hydrogens (tertiary/aromatic N) is 1. The molecule has 29 heavy (non-hydrogen) atoms. The molecule has 1 aromatic rings. The van der Waals surface area contributed by atoms with E-state index in [1.165, 1.54) is 12.1 Å². The largest absolute Gasteiger partial charge is 0.385 e. The van der Waals surface area contributed by atoms with E-state index in [4.69, 9.17) is 0 Å². The molecule has 2 nitrogen and oxygen atoms in total. The summed E-state index contributed by atoms with van der Waals surface area (Å²) in [6.07, 6.45) is -2.38. The molecule has 1 aromatic carbocycles. The molecule has 0 aliphatic heterocycles. The van der Waals surface area contributed by atoms with Crippen molar-refractivity contribution in [3.05, 3.63) is 29.8 Å². The average Bonchev–Trinajstić information content (AvgIpc) is 2.65. The number of alkyl halides is 9. The molecule has 0 saturated heterocycles. The predicted octanol–water partition coefficient (Wildman–Crippen LogP) is 5.39. The molecule has 1 N–H and O–H groups in total. The second-order valence-electron chi connectivity index (χ2n) is 7.27. The zero-order valence-electron chi connectivity index (χ0n) is 15.7. The predicted molar refractivity (Wildman–Crippen MR) is 87.8 cm³/mol. The fourth-order valence-corrected chi connectivity index (χ4v) is 3.51. The van der Waals surface area contributed by atoms with Crippen LogP contribution in [-0.4, -0.2) is 47.6 Å². The lowest BCUT2D eigenvalue weighted by Gasteiger charge is -2.37. The molecule has 1 saturated carbocycles. The molecular formula is C18H20F9NO. The van der Waals surface area contributed by atoms with Gasteiger partial charge in [-0.2, -0.15) is 35.1 Å². The van der Waals surface area contributed by atoms with Gasteiger partial charge < -0.3 is 10.0 Å². The van der Waals surface area contributed by atoms with Crippen LogP contribution in [0.4, 0.5) is 45.2 Å². The maximum Gasteiger partial charge on any atom is 0.381 e. The van der Waals surface area contributed by atoms with Crippen LogP contribution in [-0.2, 0) is 5.60 Å². The molecule has 166 valence electrons. The van der Waals surface area contributed by atoms with Gasteiger partial charge in [-0.3, -0.25) is 0 Å². The Labute approximate surface area is 161 Å². The van der Waals surface area contributed by atoms with Crippen LogP contribution >= 0.6 is 0 Å². The van der Waals surface area contributed by atoms with Crippen LogP contribution in [0.3, 0.4) is 0 Å². The topological polar surface area (TPSA) is 23.5 Å². The first-order valence-electron chi connectivity index (χ1n) is 8.72. The van der Waals surface area contributed by atoms with Crippen molar-refractivity contribution in [1.82, 2.24) is 0 Å². The highest BCUT2D eigenvalue weighted by molar-refractivity contribution is 5.49. The minimum absolute atomic E-state index is 0.371. The number of rotatable bonds is 6. The molecule has 0 radical (unpaired) electrons. The molecule has 1 aliphatic rings. The van der Waals surface area contributed by atoms with Gasteiger partial charge in [0.1, 0.15) is 0 Å². The fraction of sp³-hybridized carbons (Fsp3) is 0.667. The Balaban J connectivity index is 2.55. The summed E-state index contributed by atoms with van der Waals surface area (Å²) in [7, 11) is 0. The van der Waals surface area contributed by atoms with Crippen molar-refractivity contribution in [2.24, 2.45) is 0 Å². The van der Waals surface area contributed by atoms with Crippen LogP contribution in [0.25, 0.3) is 0 Å². The van der Waals surface area contributed by atoms with Gasteiger partial charge >= 0.3 is 23.7 Å². The van der Waals surface area contributed by atoms with Crippen molar-refractivity contribution < 1.29 is 44.6 Å². The van der Waals surface area contributed by atoms with Crippen LogP contribution in [0.5, 0.6) is 0 Å². The first-order valence-corrected chi connectivity index (χ1v) is 8.72. The van der Waals surface area contributed by atoms with Gasteiger partial charge in [0.25, 0.3) is 5.67 Å². The molecule has 0 spiro atoms. The second-order valence-corrected chi connectivity index (χ2v) is 7.27. The quantitative estimate of drug-likeness (QED) is 0.603. The first-order chi connectivity index (χ1) is 12.9. The van der Waals surface area contributed by atoms with Crippen molar-refractivity contribution >= 4 is 5.69 Å². The van der Waals surface area contributed by atoms with Crippen LogP contribution in [0, 0.1) is 0 Å². The van der Waals surface area contributed by atoms with E-state index >= 15 is 0 Å². The van der Waals surface area contributed by atoms with E-state index in [-0.39, 0.29) is 5.56 Å². The minimum Gasteiger partial charge on any atom is -0.385 e. The van der Waals surface area contributed by atoms with E-state index in [9.17, 15) is 44.6 Å². The van der Waals surface area contributed by atoms with E-state index in [1.54, 1.807) is 18.7 Å². The Morgan fingerprint density at radius 3 is 1.69 bits per heavy atom. The maximum atomic E-state index is 14.8. The Morgan fingerprint density at radius 1 is 0.828 bits per heavy atom. The Kier molecular flexibility index (Phi) is 5.44. The van der Waals surface area contributed by atoms with Crippen LogP contribution in [0.1, 0.15) is 32.8 Å². The lowest BCUT2D eigenvalue weighted by molar-refractivity contribution is -0.303. The molecule has 1 fully saturated rings. The lowest BCUT2D eigenvalue weighted by atomic mass is 9.80. The number of benzene rings is 1. The average molecular weight is 437 g/mol. The number of halogens is 9. The molecule has 2 rings (SSSR count). The third-order valence-electron chi connectivity index (χ3n) is 5.36. The number of anilines is 1. The summed E-state index contributed by atoms with van der Waals surface area (Å²) in [6, 6.07) is 5.06. The maximum absolute atomic E-state index is 14.8. The first kappa shape index (κ1) is 23.6. The zero-order chi connectivity index (χ0) is 22.7. The molecule has 1 atom stereocenters. The van der Waals surface area contributed by atoms with E-state index in [1.807, 2.05) is 0 Å². The summed E-state index contributed by atoms with van der Waals surface area (Å²) < 4.78 is 124. The highest BCUT2D eigenvalue weighted by Gasteiger charge is 3.00. The van der Waals surface area contributed by atoms with E-state index in [2.05, 4.69) is 0 Å². The Morgan fingerprint density at radius 2 is 1.28 bits per heavy atom. The molecule has 0 heterocycles. The number of aliphatic hydroxyl groups is 1. The summed E-state index contributed by atoms with van der Waals surface area (Å²) in [6.45, 7) is 5.06. The van der Waals surface area contributed by atoms with E-state index in [0.717, 1.165) is 12.1 Å². The summed E-state index contributed by atoms with van der Waals surface area (Å²) >= 11 is 0. The standard InChI is InChI=1S/C18H20F9NO/c1-4-28(5-2)12-8-6-7-11(9-12)13(3,29)10-14(19)15(20,21)17(24,25)18(26,27)16(14,22)23/h6-9,29H,4-5,10H2,1-3H3. The Bertz CT molecular complexity index is 733. The highest BCUT2D eigenvalue weighted by atomic mass is 19.4. The van der Waals surface area contributed by atoms with Crippen LogP contribution < -0.4 is 4.90 Å². The molecular weight excluding hydrogens is 417 g/mol. The molecule has 1 unspecified atom stereocenters. The second kappa shape index (κ2) is 6.68.